The van der Waals surface area contributed by atoms with Gasteiger partial charge in [-0.2, -0.15) is 0 Å². The lowest BCUT2D eigenvalue weighted by molar-refractivity contribution is 0.410. The number of rotatable bonds is 5. The molecule has 2 aromatic rings. The topological polar surface area (TPSA) is 47.2 Å². The second kappa shape index (κ2) is 5.69. The van der Waals surface area contributed by atoms with Crippen LogP contribution in [0.1, 0.15) is 24.5 Å². The molecule has 96 valence electrons. The largest absolute Gasteiger partial charge is 0.465 e. The van der Waals surface area contributed by atoms with Crippen LogP contribution in [-0.2, 0) is 6.54 Å². The molecule has 2 heterocycles. The van der Waals surface area contributed by atoms with E-state index in [4.69, 9.17) is 4.42 Å². The zero-order chi connectivity index (χ0) is 13.0. The van der Waals surface area contributed by atoms with Crippen LogP contribution in [0.2, 0.25) is 0 Å². The van der Waals surface area contributed by atoms with Gasteiger partial charge in [-0.3, -0.25) is 4.79 Å². The zero-order valence-corrected chi connectivity index (χ0v) is 10.7. The molecule has 4 nitrogen and oxygen atoms in total. The molecule has 1 atom stereocenters. The standard InChI is InChI=1S/C14H18N2O2/c1-11-6-7-13(18-11)12(2)15-8-10-16-9-4-3-5-14(16)17/h3-7,9,12,15H,8,10H2,1-2H3. The third kappa shape index (κ3) is 3.11. The fourth-order valence-corrected chi connectivity index (χ4v) is 1.83. The molecule has 0 fully saturated rings. The Morgan fingerprint density at radius 1 is 1.33 bits per heavy atom. The Morgan fingerprint density at radius 2 is 2.17 bits per heavy atom. The van der Waals surface area contributed by atoms with Crippen LogP contribution in [-0.4, -0.2) is 11.1 Å². The Labute approximate surface area is 106 Å². The van der Waals surface area contributed by atoms with Crippen molar-refractivity contribution in [3.63, 3.8) is 0 Å². The highest BCUT2D eigenvalue weighted by Crippen LogP contribution is 2.14. The van der Waals surface area contributed by atoms with Gasteiger partial charge in [0.05, 0.1) is 6.04 Å². The van der Waals surface area contributed by atoms with Gasteiger partial charge >= 0.3 is 0 Å². The van der Waals surface area contributed by atoms with Crippen molar-refractivity contribution in [2.24, 2.45) is 0 Å². The summed E-state index contributed by atoms with van der Waals surface area (Å²) in [4.78, 5) is 11.5. The molecule has 0 aliphatic rings. The molecule has 2 rings (SSSR count). The van der Waals surface area contributed by atoms with E-state index in [0.29, 0.717) is 6.54 Å². The Bertz CT molecular complexity index is 557. The molecular weight excluding hydrogens is 228 g/mol. The van der Waals surface area contributed by atoms with E-state index in [1.54, 1.807) is 22.9 Å². The Kier molecular flexibility index (Phi) is 3.99. The average Bonchev–Trinajstić information content (AvgIpc) is 2.78. The van der Waals surface area contributed by atoms with E-state index in [2.05, 4.69) is 5.32 Å². The Hall–Kier alpha value is -1.81. The van der Waals surface area contributed by atoms with Crippen LogP contribution in [0.5, 0.6) is 0 Å². The molecule has 0 aromatic carbocycles. The number of hydrogen-bond donors (Lipinski definition) is 1. The fourth-order valence-electron chi connectivity index (χ4n) is 1.83. The van der Waals surface area contributed by atoms with Gasteiger partial charge in [0.1, 0.15) is 11.5 Å². The molecule has 0 amide bonds. The predicted molar refractivity (Wildman–Crippen MR) is 70.6 cm³/mol. The van der Waals surface area contributed by atoms with Gasteiger partial charge in [0.2, 0.25) is 0 Å². The maximum absolute atomic E-state index is 11.5. The molecule has 0 spiro atoms. The number of nitrogens with zero attached hydrogens (tertiary/aromatic N) is 1. The van der Waals surface area contributed by atoms with Crippen LogP contribution < -0.4 is 10.9 Å². The maximum atomic E-state index is 11.5. The number of aromatic nitrogens is 1. The summed E-state index contributed by atoms with van der Waals surface area (Å²) < 4.78 is 7.23. The van der Waals surface area contributed by atoms with Crippen molar-refractivity contribution < 1.29 is 4.42 Å². The van der Waals surface area contributed by atoms with E-state index < -0.39 is 0 Å². The summed E-state index contributed by atoms with van der Waals surface area (Å²) in [7, 11) is 0. The van der Waals surface area contributed by atoms with Crippen LogP contribution in [0.3, 0.4) is 0 Å². The summed E-state index contributed by atoms with van der Waals surface area (Å²) in [6.45, 7) is 5.36. The first-order valence-electron chi connectivity index (χ1n) is 6.12. The molecule has 0 radical (unpaired) electrons. The Balaban J connectivity index is 1.86. The minimum absolute atomic E-state index is 0.0285. The summed E-state index contributed by atoms with van der Waals surface area (Å²) in [6.07, 6.45) is 1.80. The van der Waals surface area contributed by atoms with E-state index in [1.165, 1.54) is 0 Å². The Morgan fingerprint density at radius 3 is 2.83 bits per heavy atom. The van der Waals surface area contributed by atoms with E-state index in [0.717, 1.165) is 18.1 Å². The third-order valence-electron chi connectivity index (χ3n) is 2.89. The van der Waals surface area contributed by atoms with E-state index in [9.17, 15) is 4.79 Å². The highest BCUT2D eigenvalue weighted by atomic mass is 16.3. The molecular formula is C14H18N2O2. The molecule has 0 saturated carbocycles. The molecule has 0 aliphatic heterocycles. The first-order valence-corrected chi connectivity index (χ1v) is 6.12. The monoisotopic (exact) mass is 246 g/mol. The van der Waals surface area contributed by atoms with E-state index >= 15 is 0 Å². The van der Waals surface area contributed by atoms with Crippen molar-refractivity contribution in [3.8, 4) is 0 Å². The third-order valence-corrected chi connectivity index (χ3v) is 2.89. The van der Waals surface area contributed by atoms with Crippen molar-refractivity contribution >= 4 is 0 Å². The summed E-state index contributed by atoms with van der Waals surface area (Å²) >= 11 is 0. The maximum Gasteiger partial charge on any atom is 0.250 e. The second-order valence-electron chi connectivity index (χ2n) is 4.36. The van der Waals surface area contributed by atoms with Gasteiger partial charge in [-0.05, 0) is 32.0 Å². The van der Waals surface area contributed by atoms with Crippen molar-refractivity contribution in [1.29, 1.82) is 0 Å². The lowest BCUT2D eigenvalue weighted by Crippen LogP contribution is -2.27. The minimum Gasteiger partial charge on any atom is -0.465 e. The molecule has 0 bridgehead atoms. The first kappa shape index (κ1) is 12.6. The molecule has 2 aromatic heterocycles. The van der Waals surface area contributed by atoms with Crippen molar-refractivity contribution in [1.82, 2.24) is 9.88 Å². The lowest BCUT2D eigenvalue weighted by atomic mass is 10.2. The zero-order valence-electron chi connectivity index (χ0n) is 10.7. The van der Waals surface area contributed by atoms with Gasteiger partial charge < -0.3 is 14.3 Å². The highest BCUT2D eigenvalue weighted by molar-refractivity contribution is 5.08. The normalized spacial score (nSPS) is 12.6. The highest BCUT2D eigenvalue weighted by Gasteiger charge is 2.08. The SMILES string of the molecule is Cc1ccc(C(C)NCCn2ccccc2=O)o1. The molecule has 0 aliphatic carbocycles. The smallest absolute Gasteiger partial charge is 0.250 e. The van der Waals surface area contributed by atoms with Crippen molar-refractivity contribution in [2.75, 3.05) is 6.54 Å². The lowest BCUT2D eigenvalue weighted by Gasteiger charge is -2.12. The number of hydrogen-bond acceptors (Lipinski definition) is 3. The average molecular weight is 246 g/mol. The van der Waals surface area contributed by atoms with Crippen LogP contribution in [0, 0.1) is 6.92 Å². The quantitative estimate of drug-likeness (QED) is 0.878. The van der Waals surface area contributed by atoms with Crippen molar-refractivity contribution in [2.45, 2.75) is 26.4 Å². The van der Waals surface area contributed by atoms with E-state index in [1.807, 2.05) is 32.0 Å². The molecule has 4 heteroatoms. The second-order valence-corrected chi connectivity index (χ2v) is 4.36. The first-order chi connectivity index (χ1) is 8.66. The van der Waals surface area contributed by atoms with Crippen LogP contribution in [0.15, 0.2) is 45.7 Å². The van der Waals surface area contributed by atoms with Gasteiger partial charge in [0.15, 0.2) is 0 Å². The van der Waals surface area contributed by atoms with Crippen LogP contribution >= 0.6 is 0 Å². The number of furan rings is 1. The molecule has 1 N–H and O–H groups in total. The fraction of sp³-hybridized carbons (Fsp3) is 0.357. The summed E-state index contributed by atoms with van der Waals surface area (Å²) in [6, 6.07) is 9.26. The summed E-state index contributed by atoms with van der Waals surface area (Å²) in [5, 5.41) is 3.33. The van der Waals surface area contributed by atoms with Gasteiger partial charge in [0.25, 0.3) is 5.56 Å². The van der Waals surface area contributed by atoms with Crippen LogP contribution in [0.4, 0.5) is 0 Å². The van der Waals surface area contributed by atoms with Crippen molar-refractivity contribution in [3.05, 3.63) is 58.4 Å². The number of pyridine rings is 1. The van der Waals surface area contributed by atoms with E-state index in [-0.39, 0.29) is 11.6 Å². The summed E-state index contributed by atoms with van der Waals surface area (Å²) in [5.41, 5.74) is 0.0285. The molecule has 1 unspecified atom stereocenters. The number of aryl methyl sites for hydroxylation is 1. The molecule has 18 heavy (non-hydrogen) atoms. The van der Waals surface area contributed by atoms with Crippen LogP contribution in [0.25, 0.3) is 0 Å². The summed E-state index contributed by atoms with van der Waals surface area (Å²) in [5.74, 6) is 1.84. The molecule has 0 saturated heterocycles. The predicted octanol–water partition coefficient (Wildman–Crippen LogP) is 2.10. The van der Waals surface area contributed by atoms with Gasteiger partial charge in [0, 0.05) is 25.4 Å². The van der Waals surface area contributed by atoms with Gasteiger partial charge in [-0.1, -0.05) is 6.07 Å². The number of nitrogens with one attached hydrogen (secondary N) is 1. The minimum atomic E-state index is 0.0285. The van der Waals surface area contributed by atoms with Gasteiger partial charge in [-0.15, -0.1) is 0 Å². The van der Waals surface area contributed by atoms with Gasteiger partial charge in [-0.25, -0.2) is 0 Å².